The molecule has 9 heteroatoms. The van der Waals surface area contributed by atoms with E-state index in [1.54, 1.807) is 24.3 Å². The monoisotopic (exact) mass is 574 g/mol. The summed E-state index contributed by atoms with van der Waals surface area (Å²) in [6.07, 6.45) is 3.05. The van der Waals surface area contributed by atoms with Gasteiger partial charge >= 0.3 is 0 Å². The molecule has 42 heavy (non-hydrogen) atoms. The predicted octanol–water partition coefficient (Wildman–Crippen LogP) is 4.45. The quantitative estimate of drug-likeness (QED) is 0.139. The fraction of sp³-hybridized carbons (Fsp3) is 0.303. The molecule has 2 amide bonds. The lowest BCUT2D eigenvalue weighted by Gasteiger charge is -2.19. The largest absolute Gasteiger partial charge is 0.464 e. The fourth-order valence-corrected chi connectivity index (χ4v) is 4.15. The van der Waals surface area contributed by atoms with Gasteiger partial charge in [-0.25, -0.2) is 0 Å². The zero-order chi connectivity index (χ0) is 30.2. The number of methoxy groups -OCH3 is 2. The van der Waals surface area contributed by atoms with Crippen molar-refractivity contribution in [2.45, 2.75) is 38.8 Å². The Morgan fingerprint density at radius 2 is 1.40 bits per heavy atom. The van der Waals surface area contributed by atoms with E-state index in [0.717, 1.165) is 11.1 Å². The van der Waals surface area contributed by atoms with Gasteiger partial charge in [0.1, 0.15) is 6.04 Å². The summed E-state index contributed by atoms with van der Waals surface area (Å²) in [6.45, 7) is 2.21. The van der Waals surface area contributed by atoms with Crippen LogP contribution < -0.4 is 20.1 Å². The van der Waals surface area contributed by atoms with Crippen molar-refractivity contribution in [1.29, 1.82) is 0 Å². The van der Waals surface area contributed by atoms with Crippen LogP contribution >= 0.6 is 0 Å². The smallest absolute Gasteiger partial charge is 0.289 e. The second-order valence-electron chi connectivity index (χ2n) is 9.48. The van der Waals surface area contributed by atoms with E-state index in [2.05, 4.69) is 10.6 Å². The van der Waals surface area contributed by atoms with Crippen molar-refractivity contribution in [3.8, 4) is 11.5 Å². The van der Waals surface area contributed by atoms with E-state index in [9.17, 15) is 14.4 Å². The summed E-state index contributed by atoms with van der Waals surface area (Å²) in [5.41, 5.74) is 2.83. The number of rotatable bonds is 17. The molecule has 0 saturated carbocycles. The van der Waals surface area contributed by atoms with E-state index in [1.807, 2.05) is 67.6 Å². The maximum Gasteiger partial charge on any atom is 0.289 e. The topological polar surface area (TPSA) is 112 Å². The minimum Gasteiger partial charge on any atom is -0.464 e. The van der Waals surface area contributed by atoms with Crippen LogP contribution in [-0.2, 0) is 36.8 Å². The highest BCUT2D eigenvalue weighted by atomic mass is 16.7. The van der Waals surface area contributed by atoms with Gasteiger partial charge in [0.05, 0.1) is 0 Å². The van der Waals surface area contributed by atoms with Gasteiger partial charge in [0.2, 0.25) is 11.7 Å². The summed E-state index contributed by atoms with van der Waals surface area (Å²) in [4.78, 5) is 39.7. The zero-order valence-corrected chi connectivity index (χ0v) is 24.3. The number of nitrogens with one attached hydrogen (secondary N) is 2. The van der Waals surface area contributed by atoms with Gasteiger partial charge in [-0.3, -0.25) is 14.4 Å². The molecule has 9 nitrogen and oxygen atoms in total. The van der Waals surface area contributed by atoms with E-state index in [-0.39, 0.29) is 26.6 Å². The van der Waals surface area contributed by atoms with Crippen LogP contribution in [0.4, 0.5) is 0 Å². The summed E-state index contributed by atoms with van der Waals surface area (Å²) < 4.78 is 21.2. The van der Waals surface area contributed by atoms with Crippen molar-refractivity contribution < 1.29 is 33.3 Å². The van der Waals surface area contributed by atoms with Gasteiger partial charge in [-0.15, -0.1) is 0 Å². The van der Waals surface area contributed by atoms with Gasteiger partial charge in [-0.05, 0) is 41.3 Å². The molecule has 0 radical (unpaired) electrons. The SMILES string of the molecule is CCC/C(=C\c1ccc(OCOC)c(OCOC)c1)C(=O)N[C@@H](Cc1ccccc1)C(=O)C(=O)NCc1ccccc1. The molecule has 0 saturated heterocycles. The number of hydrogen-bond donors (Lipinski definition) is 2. The lowest BCUT2D eigenvalue weighted by atomic mass is 10.00. The third kappa shape index (κ3) is 10.2. The van der Waals surface area contributed by atoms with Crippen molar-refractivity contribution in [3.05, 3.63) is 101 Å². The minimum absolute atomic E-state index is 0.00836. The van der Waals surface area contributed by atoms with Gasteiger partial charge in [0.15, 0.2) is 25.1 Å². The molecule has 0 aliphatic rings. The van der Waals surface area contributed by atoms with Crippen molar-refractivity contribution in [1.82, 2.24) is 10.6 Å². The third-order valence-electron chi connectivity index (χ3n) is 6.21. The number of ketones is 1. The van der Waals surface area contributed by atoms with Crippen LogP contribution in [-0.4, -0.2) is 51.4 Å². The minimum atomic E-state index is -1.05. The van der Waals surface area contributed by atoms with E-state index >= 15 is 0 Å². The van der Waals surface area contributed by atoms with Gasteiger partial charge in [-0.2, -0.15) is 0 Å². The van der Waals surface area contributed by atoms with Crippen LogP contribution in [0, 0.1) is 0 Å². The number of benzene rings is 3. The van der Waals surface area contributed by atoms with Crippen molar-refractivity contribution in [2.24, 2.45) is 0 Å². The third-order valence-corrected chi connectivity index (χ3v) is 6.21. The summed E-state index contributed by atoms with van der Waals surface area (Å²) in [5, 5.41) is 5.50. The Morgan fingerprint density at radius 1 is 0.786 bits per heavy atom. The Kier molecular flexibility index (Phi) is 13.3. The number of carbonyl (C=O) groups is 3. The number of ether oxygens (including phenoxy) is 4. The highest BCUT2D eigenvalue weighted by molar-refractivity contribution is 6.38. The highest BCUT2D eigenvalue weighted by Gasteiger charge is 2.28. The Morgan fingerprint density at radius 3 is 2.02 bits per heavy atom. The first kappa shape index (κ1) is 32.0. The van der Waals surface area contributed by atoms with E-state index < -0.39 is 23.6 Å². The number of carbonyl (C=O) groups excluding carboxylic acids is 3. The molecule has 0 aromatic heterocycles. The van der Waals surface area contributed by atoms with E-state index in [0.29, 0.717) is 35.5 Å². The van der Waals surface area contributed by atoms with E-state index in [1.165, 1.54) is 14.2 Å². The Labute approximate surface area is 246 Å². The molecule has 1 atom stereocenters. The second-order valence-corrected chi connectivity index (χ2v) is 9.48. The average Bonchev–Trinajstić information content (AvgIpc) is 3.02. The van der Waals surface area contributed by atoms with Crippen LogP contribution in [0.3, 0.4) is 0 Å². The summed E-state index contributed by atoms with van der Waals surface area (Å²) >= 11 is 0. The first-order chi connectivity index (χ1) is 20.4. The second kappa shape index (κ2) is 17.4. The Bertz CT molecular complexity index is 1330. The molecule has 0 heterocycles. The standard InChI is InChI=1S/C33H38N2O7/c1-4-11-27(18-26-16-17-29(41-22-39-2)30(20-26)42-23-40-3)32(37)35-28(19-24-12-7-5-8-13-24)31(36)33(38)34-21-25-14-9-6-10-15-25/h5-10,12-18,20,28H,4,11,19,21-23H2,1-3H3,(H,34,38)(H,35,37)/b27-18+/t28-/m0/s1. The zero-order valence-electron chi connectivity index (χ0n) is 24.3. The fourth-order valence-electron chi connectivity index (χ4n) is 4.15. The number of Topliss-reactive ketones (excluding diaryl/α,β-unsaturated/α-hetero) is 1. The lowest BCUT2D eigenvalue weighted by molar-refractivity contribution is -0.139. The summed E-state index contributed by atoms with van der Waals surface area (Å²) in [5.74, 6) is -1.02. The molecule has 3 aromatic carbocycles. The van der Waals surface area contributed by atoms with Crippen LogP contribution in [0.25, 0.3) is 6.08 Å². The van der Waals surface area contributed by atoms with Crippen molar-refractivity contribution in [2.75, 3.05) is 27.8 Å². The maximum atomic E-state index is 13.6. The Hall–Kier alpha value is -4.47. The molecule has 0 bridgehead atoms. The number of amides is 2. The van der Waals surface area contributed by atoms with Crippen LogP contribution in [0.1, 0.15) is 36.5 Å². The molecule has 3 rings (SSSR count). The molecule has 0 fully saturated rings. The van der Waals surface area contributed by atoms with E-state index in [4.69, 9.17) is 18.9 Å². The lowest BCUT2D eigenvalue weighted by Crippen LogP contribution is -2.48. The average molecular weight is 575 g/mol. The molecular formula is C33H38N2O7. The van der Waals surface area contributed by atoms with Gasteiger partial charge < -0.3 is 29.6 Å². The Balaban J connectivity index is 1.83. The number of hydrogen-bond acceptors (Lipinski definition) is 7. The van der Waals surface area contributed by atoms with Gasteiger partial charge in [-0.1, -0.05) is 80.1 Å². The maximum absolute atomic E-state index is 13.6. The highest BCUT2D eigenvalue weighted by Crippen LogP contribution is 2.30. The summed E-state index contributed by atoms with van der Waals surface area (Å²) in [7, 11) is 3.03. The molecule has 0 aliphatic carbocycles. The van der Waals surface area contributed by atoms with Gasteiger partial charge in [0.25, 0.3) is 5.91 Å². The predicted molar refractivity (Wildman–Crippen MR) is 160 cm³/mol. The molecule has 2 N–H and O–H groups in total. The summed E-state index contributed by atoms with van der Waals surface area (Å²) in [6, 6.07) is 22.8. The normalized spacial score (nSPS) is 11.8. The molecule has 0 unspecified atom stereocenters. The van der Waals surface area contributed by atoms with Crippen molar-refractivity contribution in [3.63, 3.8) is 0 Å². The van der Waals surface area contributed by atoms with Crippen LogP contribution in [0.5, 0.6) is 11.5 Å². The molecule has 222 valence electrons. The van der Waals surface area contributed by atoms with Crippen molar-refractivity contribution >= 4 is 23.7 Å². The van der Waals surface area contributed by atoms with Crippen LogP contribution in [0.2, 0.25) is 0 Å². The molecule has 0 spiro atoms. The molecular weight excluding hydrogens is 536 g/mol. The molecule has 3 aromatic rings. The van der Waals surface area contributed by atoms with Crippen LogP contribution in [0.15, 0.2) is 84.4 Å². The first-order valence-corrected chi connectivity index (χ1v) is 13.7. The van der Waals surface area contributed by atoms with Gasteiger partial charge in [0, 0.05) is 32.8 Å². The first-order valence-electron chi connectivity index (χ1n) is 13.7. The molecule has 0 aliphatic heterocycles.